The smallest absolute Gasteiger partial charge is 0.217 e. The molecule has 1 N–H and O–H groups in total. The van der Waals surface area contributed by atoms with E-state index in [4.69, 9.17) is 0 Å². The highest BCUT2D eigenvalue weighted by Crippen LogP contribution is 2.05. The van der Waals surface area contributed by atoms with Crippen LogP contribution in [0.4, 0.5) is 0 Å². The Balaban J connectivity index is 4.23. The van der Waals surface area contributed by atoms with Gasteiger partial charge < -0.3 is 10.2 Å². The van der Waals surface area contributed by atoms with Crippen LogP contribution < -0.4 is 5.32 Å². The SMILES string of the molecule is CCCNCC(C)S(=O)(=O)N(C)CCN(C)C. The zero-order chi connectivity index (χ0) is 13.5. The lowest BCUT2D eigenvalue weighted by Gasteiger charge is -2.23. The molecule has 0 aromatic heterocycles. The van der Waals surface area contributed by atoms with E-state index in [1.807, 2.05) is 19.0 Å². The van der Waals surface area contributed by atoms with E-state index in [0.29, 0.717) is 13.1 Å². The van der Waals surface area contributed by atoms with Gasteiger partial charge in [0, 0.05) is 26.7 Å². The first-order chi connectivity index (χ1) is 7.82. The molecule has 0 heterocycles. The molecule has 1 atom stereocenters. The van der Waals surface area contributed by atoms with Crippen LogP contribution in [-0.2, 0) is 10.0 Å². The minimum absolute atomic E-state index is 0.374. The second-order valence-electron chi connectivity index (χ2n) is 4.68. The first kappa shape index (κ1) is 16.8. The summed E-state index contributed by atoms with van der Waals surface area (Å²) < 4.78 is 25.7. The van der Waals surface area contributed by atoms with Crippen molar-refractivity contribution < 1.29 is 8.42 Å². The summed E-state index contributed by atoms with van der Waals surface area (Å²) in [5.41, 5.74) is 0. The van der Waals surface area contributed by atoms with Crippen LogP contribution in [0.2, 0.25) is 0 Å². The summed E-state index contributed by atoms with van der Waals surface area (Å²) in [6, 6.07) is 0. The zero-order valence-corrected chi connectivity index (χ0v) is 12.5. The third kappa shape index (κ3) is 6.35. The number of nitrogens with one attached hydrogen (secondary N) is 1. The van der Waals surface area contributed by atoms with Gasteiger partial charge >= 0.3 is 0 Å². The molecule has 0 rings (SSSR count). The monoisotopic (exact) mass is 265 g/mol. The normalized spacial score (nSPS) is 14.5. The average molecular weight is 265 g/mol. The van der Waals surface area contributed by atoms with Crippen molar-refractivity contribution in [2.75, 3.05) is 47.3 Å². The maximum Gasteiger partial charge on any atom is 0.217 e. The largest absolute Gasteiger partial charge is 0.315 e. The maximum absolute atomic E-state index is 12.1. The molecule has 0 saturated heterocycles. The van der Waals surface area contributed by atoms with E-state index in [0.717, 1.165) is 19.5 Å². The summed E-state index contributed by atoms with van der Waals surface area (Å²) >= 11 is 0. The van der Waals surface area contributed by atoms with Crippen molar-refractivity contribution >= 4 is 10.0 Å². The van der Waals surface area contributed by atoms with Gasteiger partial charge in [-0.2, -0.15) is 0 Å². The quantitative estimate of drug-likeness (QED) is 0.605. The van der Waals surface area contributed by atoms with E-state index in [2.05, 4.69) is 12.2 Å². The molecule has 0 fully saturated rings. The van der Waals surface area contributed by atoms with Gasteiger partial charge in [0.15, 0.2) is 0 Å². The number of sulfonamides is 1. The number of nitrogens with zero attached hydrogens (tertiary/aromatic N) is 2. The fourth-order valence-electron chi connectivity index (χ4n) is 1.36. The highest BCUT2D eigenvalue weighted by Gasteiger charge is 2.25. The van der Waals surface area contributed by atoms with Gasteiger partial charge in [-0.15, -0.1) is 0 Å². The van der Waals surface area contributed by atoms with Crippen molar-refractivity contribution in [3.63, 3.8) is 0 Å². The second kappa shape index (κ2) is 8.02. The van der Waals surface area contributed by atoms with Crippen molar-refractivity contribution in [1.29, 1.82) is 0 Å². The van der Waals surface area contributed by atoms with Gasteiger partial charge in [0.25, 0.3) is 0 Å². The topological polar surface area (TPSA) is 52.7 Å². The van der Waals surface area contributed by atoms with E-state index >= 15 is 0 Å². The van der Waals surface area contributed by atoms with Crippen LogP contribution in [0, 0.1) is 0 Å². The van der Waals surface area contributed by atoms with E-state index in [1.165, 1.54) is 4.31 Å². The van der Waals surface area contributed by atoms with Crippen LogP contribution >= 0.6 is 0 Å². The Morgan fingerprint density at radius 1 is 1.18 bits per heavy atom. The molecule has 0 aliphatic heterocycles. The average Bonchev–Trinajstić information content (AvgIpc) is 2.25. The summed E-state index contributed by atoms with van der Waals surface area (Å²) in [5, 5.41) is 2.77. The van der Waals surface area contributed by atoms with E-state index in [-0.39, 0.29) is 5.25 Å². The first-order valence-electron chi connectivity index (χ1n) is 6.13. The van der Waals surface area contributed by atoms with Crippen LogP contribution in [0.15, 0.2) is 0 Å². The van der Waals surface area contributed by atoms with Gasteiger partial charge in [0.1, 0.15) is 0 Å². The lowest BCUT2D eigenvalue weighted by Crippen LogP contribution is -2.42. The van der Waals surface area contributed by atoms with E-state index < -0.39 is 10.0 Å². The van der Waals surface area contributed by atoms with Crippen LogP contribution in [-0.4, -0.2) is 70.2 Å². The molecule has 0 aromatic carbocycles. The summed E-state index contributed by atoms with van der Waals surface area (Å²) in [4.78, 5) is 1.98. The predicted octanol–water partition coefficient (Wildman–Crippen LogP) is 0.198. The van der Waals surface area contributed by atoms with Gasteiger partial charge in [-0.25, -0.2) is 12.7 Å². The van der Waals surface area contributed by atoms with Gasteiger partial charge in [0.05, 0.1) is 5.25 Å². The molecule has 5 nitrogen and oxygen atoms in total. The summed E-state index contributed by atoms with van der Waals surface area (Å²) in [7, 11) is 2.35. The minimum atomic E-state index is -3.17. The Kier molecular flexibility index (Phi) is 7.94. The third-order valence-electron chi connectivity index (χ3n) is 2.66. The molecule has 17 heavy (non-hydrogen) atoms. The Morgan fingerprint density at radius 3 is 2.24 bits per heavy atom. The Morgan fingerprint density at radius 2 is 1.76 bits per heavy atom. The Hall–Kier alpha value is -0.170. The minimum Gasteiger partial charge on any atom is -0.315 e. The molecule has 104 valence electrons. The van der Waals surface area contributed by atoms with Crippen LogP contribution in [0.25, 0.3) is 0 Å². The van der Waals surface area contributed by atoms with E-state index in [9.17, 15) is 8.42 Å². The lowest BCUT2D eigenvalue weighted by molar-refractivity contribution is 0.356. The molecule has 0 aliphatic rings. The van der Waals surface area contributed by atoms with Crippen LogP contribution in [0.3, 0.4) is 0 Å². The highest BCUT2D eigenvalue weighted by molar-refractivity contribution is 7.89. The molecular formula is C11H27N3O2S. The number of hydrogen-bond donors (Lipinski definition) is 1. The maximum atomic E-state index is 12.1. The predicted molar refractivity (Wildman–Crippen MR) is 72.7 cm³/mol. The molecule has 0 aliphatic carbocycles. The number of hydrogen-bond acceptors (Lipinski definition) is 4. The fraction of sp³-hybridized carbons (Fsp3) is 1.00. The summed E-state index contributed by atoms with van der Waals surface area (Å²) in [5.74, 6) is 0. The molecule has 0 spiro atoms. The first-order valence-corrected chi connectivity index (χ1v) is 7.63. The number of likely N-dealkylation sites (N-methyl/N-ethyl adjacent to an activating group) is 2. The van der Waals surface area contributed by atoms with Crippen molar-refractivity contribution in [3.05, 3.63) is 0 Å². The Bertz CT molecular complexity index is 291. The molecule has 0 amide bonds. The Labute approximate surface area is 106 Å². The molecule has 1 unspecified atom stereocenters. The molecule has 6 heteroatoms. The molecular weight excluding hydrogens is 238 g/mol. The van der Waals surface area contributed by atoms with Crippen molar-refractivity contribution in [3.8, 4) is 0 Å². The second-order valence-corrected chi connectivity index (χ2v) is 7.14. The van der Waals surface area contributed by atoms with E-state index in [1.54, 1.807) is 14.0 Å². The standard InChI is InChI=1S/C11H27N3O2S/c1-6-7-12-10-11(2)17(15,16)14(5)9-8-13(3)4/h11-12H,6-10H2,1-5H3. The van der Waals surface area contributed by atoms with Crippen LogP contribution in [0.5, 0.6) is 0 Å². The van der Waals surface area contributed by atoms with Crippen molar-refractivity contribution in [1.82, 2.24) is 14.5 Å². The van der Waals surface area contributed by atoms with Crippen molar-refractivity contribution in [2.24, 2.45) is 0 Å². The molecule has 0 aromatic rings. The van der Waals surface area contributed by atoms with Crippen molar-refractivity contribution in [2.45, 2.75) is 25.5 Å². The lowest BCUT2D eigenvalue weighted by atomic mass is 10.4. The number of rotatable bonds is 9. The van der Waals surface area contributed by atoms with Gasteiger partial charge in [-0.05, 0) is 34.0 Å². The highest BCUT2D eigenvalue weighted by atomic mass is 32.2. The fourth-order valence-corrected chi connectivity index (χ4v) is 2.64. The summed E-state index contributed by atoms with van der Waals surface area (Å²) in [6.07, 6.45) is 1.02. The van der Waals surface area contributed by atoms with Crippen LogP contribution in [0.1, 0.15) is 20.3 Å². The van der Waals surface area contributed by atoms with Gasteiger partial charge in [0.2, 0.25) is 10.0 Å². The molecule has 0 bridgehead atoms. The van der Waals surface area contributed by atoms with Gasteiger partial charge in [-0.3, -0.25) is 0 Å². The van der Waals surface area contributed by atoms with Gasteiger partial charge in [-0.1, -0.05) is 6.92 Å². The molecule has 0 radical (unpaired) electrons. The molecule has 0 saturated carbocycles. The summed E-state index contributed by atoms with van der Waals surface area (Å²) in [6.45, 7) is 6.47. The zero-order valence-electron chi connectivity index (χ0n) is 11.7. The third-order valence-corrected chi connectivity index (χ3v) is 4.90.